The van der Waals surface area contributed by atoms with E-state index in [2.05, 4.69) is 10.2 Å². The van der Waals surface area contributed by atoms with Gasteiger partial charge in [-0.25, -0.2) is 13.2 Å². The number of aromatic amines is 1. The van der Waals surface area contributed by atoms with Gasteiger partial charge in [-0.3, -0.25) is 5.10 Å². The number of hydrogen-bond acceptors (Lipinski definition) is 2. The number of anilines is 1. The van der Waals surface area contributed by atoms with E-state index in [0.717, 1.165) is 0 Å². The van der Waals surface area contributed by atoms with Crippen LogP contribution in [0.3, 0.4) is 0 Å². The van der Waals surface area contributed by atoms with Crippen molar-refractivity contribution in [2.45, 2.75) is 18.8 Å². The summed E-state index contributed by atoms with van der Waals surface area (Å²) >= 11 is 0. The van der Waals surface area contributed by atoms with Gasteiger partial charge in [-0.1, -0.05) is 6.07 Å². The highest BCUT2D eigenvalue weighted by atomic mass is 19.3. The third-order valence-corrected chi connectivity index (χ3v) is 4.33. The maximum atomic E-state index is 14.0. The smallest absolute Gasteiger partial charge is 0.272 e. The predicted octanol–water partition coefficient (Wildman–Crippen LogP) is 2.94. The molecule has 6 heteroatoms. The standard InChI is InChI=1S/C13H12F3N3/c14-8-2-1-3-9-10(8)11(18-17-9)19-6-12(4-5-12)13(15,16)7-19/h1-3H,4-7H2,(H,17,18). The zero-order valence-electron chi connectivity index (χ0n) is 10.1. The van der Waals surface area contributed by atoms with Gasteiger partial charge in [-0.05, 0) is 25.0 Å². The number of nitrogens with one attached hydrogen (secondary N) is 1. The number of fused-ring (bicyclic) bond motifs is 1. The Labute approximate surface area is 107 Å². The van der Waals surface area contributed by atoms with Crippen LogP contribution < -0.4 is 4.90 Å². The normalized spacial score (nSPS) is 23.4. The fraction of sp³-hybridized carbons (Fsp3) is 0.462. The molecule has 2 aromatic rings. The van der Waals surface area contributed by atoms with Gasteiger partial charge in [0.25, 0.3) is 5.92 Å². The summed E-state index contributed by atoms with van der Waals surface area (Å²) in [5.74, 6) is -2.83. The minimum atomic E-state index is -2.70. The molecule has 2 aliphatic rings. The maximum absolute atomic E-state index is 14.0. The van der Waals surface area contributed by atoms with Gasteiger partial charge in [0, 0.05) is 6.54 Å². The van der Waals surface area contributed by atoms with E-state index in [1.165, 1.54) is 11.0 Å². The van der Waals surface area contributed by atoms with Crippen LogP contribution >= 0.6 is 0 Å². The fourth-order valence-corrected chi connectivity index (χ4v) is 3.01. The molecule has 1 spiro atoms. The van der Waals surface area contributed by atoms with Gasteiger partial charge in [0.05, 0.1) is 22.9 Å². The number of nitrogens with zero attached hydrogens (tertiary/aromatic N) is 2. The lowest BCUT2D eigenvalue weighted by atomic mass is 10.0. The van der Waals surface area contributed by atoms with E-state index in [1.807, 2.05) is 0 Å². The number of rotatable bonds is 1. The van der Waals surface area contributed by atoms with Crippen molar-refractivity contribution in [1.82, 2.24) is 10.2 Å². The molecular formula is C13H12F3N3. The highest BCUT2D eigenvalue weighted by molar-refractivity contribution is 5.90. The summed E-state index contributed by atoms with van der Waals surface area (Å²) in [6.45, 7) is -0.116. The lowest BCUT2D eigenvalue weighted by Gasteiger charge is -2.15. The van der Waals surface area contributed by atoms with Crippen molar-refractivity contribution in [2.24, 2.45) is 5.41 Å². The van der Waals surface area contributed by atoms with Crippen molar-refractivity contribution < 1.29 is 13.2 Å². The topological polar surface area (TPSA) is 31.9 Å². The van der Waals surface area contributed by atoms with Crippen molar-refractivity contribution in [2.75, 3.05) is 18.0 Å². The largest absolute Gasteiger partial charge is 0.348 e. The number of alkyl halides is 2. The van der Waals surface area contributed by atoms with Gasteiger partial charge < -0.3 is 4.90 Å². The van der Waals surface area contributed by atoms with E-state index in [0.29, 0.717) is 29.6 Å². The summed E-state index contributed by atoms with van der Waals surface area (Å²) in [6, 6.07) is 4.58. The predicted molar refractivity (Wildman–Crippen MR) is 64.9 cm³/mol. The minimum Gasteiger partial charge on any atom is -0.348 e. The van der Waals surface area contributed by atoms with E-state index in [1.54, 1.807) is 12.1 Å². The summed E-state index contributed by atoms with van der Waals surface area (Å²) in [6.07, 6.45) is 1.09. The van der Waals surface area contributed by atoms with Crippen LogP contribution in [0.2, 0.25) is 0 Å². The molecule has 2 heterocycles. The first-order chi connectivity index (χ1) is 9.02. The third-order valence-electron chi connectivity index (χ3n) is 4.33. The number of aromatic nitrogens is 2. The number of H-pyrrole nitrogens is 1. The van der Waals surface area contributed by atoms with E-state index in [-0.39, 0.29) is 13.1 Å². The molecule has 1 saturated carbocycles. The summed E-state index contributed by atoms with van der Waals surface area (Å²) in [7, 11) is 0. The number of halogens is 3. The molecule has 2 fully saturated rings. The quantitative estimate of drug-likeness (QED) is 0.861. The van der Waals surface area contributed by atoms with Crippen molar-refractivity contribution in [1.29, 1.82) is 0 Å². The van der Waals surface area contributed by atoms with Crippen LogP contribution in [0.25, 0.3) is 10.9 Å². The van der Waals surface area contributed by atoms with Crippen LogP contribution in [-0.4, -0.2) is 29.2 Å². The molecule has 1 aromatic carbocycles. The van der Waals surface area contributed by atoms with Crippen LogP contribution in [0.15, 0.2) is 18.2 Å². The minimum absolute atomic E-state index is 0.258. The van der Waals surface area contributed by atoms with E-state index < -0.39 is 17.2 Å². The molecule has 19 heavy (non-hydrogen) atoms. The van der Waals surface area contributed by atoms with Crippen molar-refractivity contribution in [3.63, 3.8) is 0 Å². The second-order valence-corrected chi connectivity index (χ2v) is 5.55. The van der Waals surface area contributed by atoms with Gasteiger partial charge in [0.15, 0.2) is 5.82 Å². The number of hydrogen-bond donors (Lipinski definition) is 1. The van der Waals surface area contributed by atoms with Crippen molar-refractivity contribution >= 4 is 16.7 Å². The SMILES string of the molecule is Fc1cccc2[nH]nc(N3CC(F)(F)C4(CC4)C3)c12. The summed E-state index contributed by atoms with van der Waals surface area (Å²) in [5.41, 5.74) is -0.362. The van der Waals surface area contributed by atoms with Gasteiger partial charge in [0.2, 0.25) is 0 Å². The van der Waals surface area contributed by atoms with Gasteiger partial charge in [-0.15, -0.1) is 0 Å². The van der Waals surface area contributed by atoms with Crippen LogP contribution in [0, 0.1) is 11.2 Å². The average Bonchev–Trinajstić information content (AvgIpc) is 2.93. The fourth-order valence-electron chi connectivity index (χ4n) is 3.01. The van der Waals surface area contributed by atoms with E-state index in [4.69, 9.17) is 0 Å². The van der Waals surface area contributed by atoms with Gasteiger partial charge in [-0.2, -0.15) is 5.10 Å². The van der Waals surface area contributed by atoms with E-state index >= 15 is 0 Å². The molecule has 0 atom stereocenters. The molecule has 100 valence electrons. The summed E-state index contributed by atoms with van der Waals surface area (Å²) in [4.78, 5) is 1.51. The molecule has 1 N–H and O–H groups in total. The molecule has 4 rings (SSSR count). The first kappa shape index (κ1) is 11.1. The molecule has 0 amide bonds. The molecule has 1 saturated heterocycles. The monoisotopic (exact) mass is 267 g/mol. The Morgan fingerprint density at radius 2 is 2.00 bits per heavy atom. The Kier molecular flexibility index (Phi) is 1.90. The molecule has 1 aromatic heterocycles. The Bertz CT molecular complexity index is 654. The lowest BCUT2D eigenvalue weighted by Crippen LogP contribution is -2.28. The molecule has 0 radical (unpaired) electrons. The van der Waals surface area contributed by atoms with Crippen LogP contribution in [0.4, 0.5) is 19.0 Å². The summed E-state index contributed by atoms with van der Waals surface area (Å²) < 4.78 is 41.8. The Morgan fingerprint density at radius 3 is 2.68 bits per heavy atom. The third kappa shape index (κ3) is 1.37. The Hall–Kier alpha value is -1.72. The zero-order valence-corrected chi connectivity index (χ0v) is 10.1. The molecule has 1 aliphatic carbocycles. The zero-order chi connectivity index (χ0) is 13.3. The van der Waals surface area contributed by atoms with Crippen molar-refractivity contribution in [3.05, 3.63) is 24.0 Å². The molecular weight excluding hydrogens is 255 g/mol. The van der Waals surface area contributed by atoms with Crippen LogP contribution in [-0.2, 0) is 0 Å². The van der Waals surface area contributed by atoms with Gasteiger partial charge in [0.1, 0.15) is 5.82 Å². The molecule has 3 nitrogen and oxygen atoms in total. The number of benzene rings is 1. The first-order valence-corrected chi connectivity index (χ1v) is 6.28. The van der Waals surface area contributed by atoms with Crippen LogP contribution in [0.5, 0.6) is 0 Å². The molecule has 1 aliphatic heterocycles. The van der Waals surface area contributed by atoms with Crippen molar-refractivity contribution in [3.8, 4) is 0 Å². The highest BCUT2D eigenvalue weighted by Gasteiger charge is 2.67. The first-order valence-electron chi connectivity index (χ1n) is 6.28. The molecule has 0 unspecified atom stereocenters. The summed E-state index contributed by atoms with van der Waals surface area (Å²) in [5, 5.41) is 7.03. The second-order valence-electron chi connectivity index (χ2n) is 5.55. The second kappa shape index (κ2) is 3.23. The van der Waals surface area contributed by atoms with E-state index in [9.17, 15) is 13.2 Å². The lowest BCUT2D eigenvalue weighted by molar-refractivity contribution is -0.0334. The Balaban J connectivity index is 1.80. The van der Waals surface area contributed by atoms with Gasteiger partial charge >= 0.3 is 0 Å². The molecule has 0 bridgehead atoms. The Morgan fingerprint density at radius 1 is 1.21 bits per heavy atom. The van der Waals surface area contributed by atoms with Crippen LogP contribution in [0.1, 0.15) is 12.8 Å². The maximum Gasteiger partial charge on any atom is 0.272 e. The average molecular weight is 267 g/mol. The highest BCUT2D eigenvalue weighted by Crippen LogP contribution is 2.61.